The van der Waals surface area contributed by atoms with E-state index in [1.807, 2.05) is 23.9 Å². The molecule has 0 aliphatic carbocycles. The maximum absolute atomic E-state index is 12.0. The molecule has 0 radical (unpaired) electrons. The second-order valence-electron chi connectivity index (χ2n) is 8.95. The molecule has 12 heteroatoms. The van der Waals surface area contributed by atoms with E-state index in [9.17, 15) is 10.1 Å². The van der Waals surface area contributed by atoms with Crippen LogP contribution >= 0.6 is 0 Å². The normalized spacial score (nSPS) is 15.3. The highest BCUT2D eigenvalue weighted by Gasteiger charge is 2.25. The van der Waals surface area contributed by atoms with Crippen LogP contribution in [0.3, 0.4) is 0 Å². The highest BCUT2D eigenvalue weighted by molar-refractivity contribution is 5.77. The van der Waals surface area contributed by atoms with Crippen LogP contribution in [0.15, 0.2) is 60.8 Å². The molecule has 1 fully saturated rings. The Balaban J connectivity index is 1.54. The van der Waals surface area contributed by atoms with Crippen molar-refractivity contribution in [3.05, 3.63) is 76.5 Å². The van der Waals surface area contributed by atoms with Gasteiger partial charge in [0, 0.05) is 61.4 Å². The van der Waals surface area contributed by atoms with Crippen molar-refractivity contribution in [3.8, 4) is 22.8 Å². The zero-order chi connectivity index (χ0) is 31.7. The van der Waals surface area contributed by atoms with Gasteiger partial charge in [0.05, 0.1) is 43.5 Å². The first kappa shape index (κ1) is 20.4. The van der Waals surface area contributed by atoms with Crippen molar-refractivity contribution in [2.24, 2.45) is 0 Å². The number of nitrogens with zero attached hydrogens (tertiary/aromatic N) is 7. The largest absolute Gasteiger partial charge is 0.494 e. The molecule has 202 valence electrons. The van der Waals surface area contributed by atoms with E-state index in [0.29, 0.717) is 55.7 Å². The van der Waals surface area contributed by atoms with Gasteiger partial charge in [0.15, 0.2) is 5.82 Å². The molecule has 0 bridgehead atoms. The SMILES string of the molecule is [2H]c1c([2H])c([2H])c(-c2nn(-c3ccnc(Nc4cc([N+](=O)[O-])c(N5CCOCC5)cc4OC)n3)cc2CN(C)C)c([2H])c1[2H]. The van der Waals surface area contributed by atoms with Crippen LogP contribution in [-0.4, -0.2) is 77.1 Å². The first-order valence-electron chi connectivity index (χ1n) is 14.6. The molecule has 3 heterocycles. The van der Waals surface area contributed by atoms with Gasteiger partial charge in [0.1, 0.15) is 11.4 Å². The second kappa shape index (κ2) is 11.5. The predicted octanol–water partition coefficient (Wildman–Crippen LogP) is 3.89. The Morgan fingerprint density at radius 1 is 1.23 bits per heavy atom. The number of anilines is 3. The summed E-state index contributed by atoms with van der Waals surface area (Å²) in [6.45, 7) is 2.30. The standard InChI is InChI=1S/C27H30N8O4/c1-32(2)17-20-18-34(31-26(20)19-7-5-4-6-8-19)25-9-10-28-27(30-25)29-21-15-23(35(36)37)22(16-24(21)38-3)33-11-13-39-14-12-33/h4-10,15-16,18H,11-14,17H2,1-3H3,(H,28,29,30)/i4D,5D,6D,7D,8D. The third kappa shape index (κ3) is 5.81. The minimum Gasteiger partial charge on any atom is -0.494 e. The molecule has 1 aliphatic rings. The number of methoxy groups -OCH3 is 1. The van der Waals surface area contributed by atoms with Crippen LogP contribution in [0.4, 0.5) is 23.0 Å². The summed E-state index contributed by atoms with van der Waals surface area (Å²) >= 11 is 0. The maximum Gasteiger partial charge on any atom is 0.294 e. The van der Waals surface area contributed by atoms with Crippen LogP contribution in [-0.2, 0) is 11.3 Å². The summed E-state index contributed by atoms with van der Waals surface area (Å²) in [5.74, 6) is 0.754. The average Bonchev–Trinajstić information content (AvgIpc) is 3.42. The van der Waals surface area contributed by atoms with E-state index < -0.39 is 23.1 Å². The predicted molar refractivity (Wildman–Crippen MR) is 148 cm³/mol. The molecule has 1 aliphatic heterocycles. The molecule has 5 rings (SSSR count). The molecule has 4 aromatic rings. The van der Waals surface area contributed by atoms with E-state index in [4.69, 9.17) is 16.3 Å². The smallest absolute Gasteiger partial charge is 0.294 e. The van der Waals surface area contributed by atoms with Gasteiger partial charge in [-0.3, -0.25) is 10.1 Å². The fraction of sp³-hybridized carbons (Fsp3) is 0.296. The minimum atomic E-state index is -0.488. The average molecular weight is 536 g/mol. The monoisotopic (exact) mass is 535 g/mol. The van der Waals surface area contributed by atoms with Crippen LogP contribution in [0.1, 0.15) is 12.4 Å². The Kier molecular flexibility index (Phi) is 6.00. The molecule has 0 amide bonds. The van der Waals surface area contributed by atoms with Crippen molar-refractivity contribution in [1.29, 1.82) is 0 Å². The Labute approximate surface area is 233 Å². The third-order valence-corrected chi connectivity index (χ3v) is 5.98. The second-order valence-corrected chi connectivity index (χ2v) is 8.95. The summed E-state index contributed by atoms with van der Waals surface area (Å²) in [4.78, 5) is 24.1. The Bertz CT molecular complexity index is 1700. The summed E-state index contributed by atoms with van der Waals surface area (Å²) in [7, 11) is 5.14. The minimum absolute atomic E-state index is 0.0172. The number of benzene rings is 2. The third-order valence-electron chi connectivity index (χ3n) is 5.98. The molecule has 0 atom stereocenters. The zero-order valence-corrected chi connectivity index (χ0v) is 21.7. The molecule has 39 heavy (non-hydrogen) atoms. The number of aromatic nitrogens is 4. The molecule has 12 nitrogen and oxygen atoms in total. The fourth-order valence-electron chi connectivity index (χ4n) is 4.25. The van der Waals surface area contributed by atoms with Gasteiger partial charge >= 0.3 is 0 Å². The zero-order valence-electron chi connectivity index (χ0n) is 26.7. The van der Waals surface area contributed by atoms with E-state index in [1.54, 1.807) is 18.3 Å². The van der Waals surface area contributed by atoms with Gasteiger partial charge in [-0.05, 0) is 14.1 Å². The number of rotatable bonds is 9. The quantitative estimate of drug-likeness (QED) is 0.249. The number of hydrogen-bond acceptors (Lipinski definition) is 10. The summed E-state index contributed by atoms with van der Waals surface area (Å²) < 4.78 is 53.4. The van der Waals surface area contributed by atoms with Gasteiger partial charge < -0.3 is 24.6 Å². The van der Waals surface area contributed by atoms with Crippen molar-refractivity contribution in [2.75, 3.05) is 57.7 Å². The highest BCUT2D eigenvalue weighted by Crippen LogP contribution is 2.39. The lowest BCUT2D eigenvalue weighted by atomic mass is 10.1. The molecule has 2 aromatic heterocycles. The van der Waals surface area contributed by atoms with E-state index in [-0.39, 0.29) is 40.7 Å². The van der Waals surface area contributed by atoms with Crippen molar-refractivity contribution < 1.29 is 21.3 Å². The number of nitro benzene ring substituents is 1. The van der Waals surface area contributed by atoms with E-state index in [2.05, 4.69) is 20.4 Å². The fourth-order valence-corrected chi connectivity index (χ4v) is 4.25. The van der Waals surface area contributed by atoms with Crippen molar-refractivity contribution in [1.82, 2.24) is 24.6 Å². The molecular formula is C27H30N8O4. The van der Waals surface area contributed by atoms with Gasteiger partial charge in [-0.2, -0.15) is 10.1 Å². The number of nitro groups is 1. The number of nitrogens with one attached hydrogen (secondary N) is 1. The van der Waals surface area contributed by atoms with Crippen LogP contribution < -0.4 is 15.0 Å². The number of morpholine rings is 1. The van der Waals surface area contributed by atoms with Gasteiger partial charge in [-0.15, -0.1) is 0 Å². The molecule has 0 unspecified atom stereocenters. The van der Waals surface area contributed by atoms with Crippen molar-refractivity contribution >= 4 is 23.0 Å². The molecule has 1 N–H and O–H groups in total. The first-order chi connectivity index (χ1) is 21.0. The Hall–Kier alpha value is -4.55. The summed E-state index contributed by atoms with van der Waals surface area (Å²) in [6, 6.07) is 2.44. The summed E-state index contributed by atoms with van der Waals surface area (Å²) in [5.41, 5.74) is 1.39. The van der Waals surface area contributed by atoms with Gasteiger partial charge in [0.25, 0.3) is 5.69 Å². The summed E-state index contributed by atoms with van der Waals surface area (Å²) in [6.07, 6.45) is 3.15. The van der Waals surface area contributed by atoms with E-state index >= 15 is 0 Å². The van der Waals surface area contributed by atoms with Crippen LogP contribution in [0, 0.1) is 10.1 Å². The highest BCUT2D eigenvalue weighted by atomic mass is 16.6. The lowest BCUT2D eigenvalue weighted by molar-refractivity contribution is -0.384. The van der Waals surface area contributed by atoms with E-state index in [0.717, 1.165) is 0 Å². The lowest BCUT2D eigenvalue weighted by Crippen LogP contribution is -2.36. The van der Waals surface area contributed by atoms with Gasteiger partial charge in [0.2, 0.25) is 5.95 Å². The molecule has 2 aromatic carbocycles. The van der Waals surface area contributed by atoms with Crippen LogP contribution in [0.25, 0.3) is 17.1 Å². The first-order valence-corrected chi connectivity index (χ1v) is 12.1. The van der Waals surface area contributed by atoms with Gasteiger partial charge in [-0.1, -0.05) is 30.2 Å². The summed E-state index contributed by atoms with van der Waals surface area (Å²) in [5, 5.41) is 19.6. The maximum atomic E-state index is 12.0. The number of ether oxygens (including phenoxy) is 2. The van der Waals surface area contributed by atoms with Crippen LogP contribution in [0.2, 0.25) is 0 Å². The Morgan fingerprint density at radius 3 is 2.69 bits per heavy atom. The number of hydrogen-bond donors (Lipinski definition) is 1. The van der Waals surface area contributed by atoms with Crippen LogP contribution in [0.5, 0.6) is 5.75 Å². The van der Waals surface area contributed by atoms with Crippen molar-refractivity contribution in [2.45, 2.75) is 6.54 Å². The molecule has 1 saturated heterocycles. The van der Waals surface area contributed by atoms with Gasteiger partial charge in [-0.25, -0.2) is 9.67 Å². The van der Waals surface area contributed by atoms with E-state index in [1.165, 1.54) is 24.1 Å². The topological polar surface area (TPSA) is 124 Å². The molecular weight excluding hydrogens is 500 g/mol. The molecule has 0 saturated carbocycles. The van der Waals surface area contributed by atoms with Crippen molar-refractivity contribution in [3.63, 3.8) is 0 Å². The lowest BCUT2D eigenvalue weighted by Gasteiger charge is -2.29. The Morgan fingerprint density at radius 2 is 2.00 bits per heavy atom. The molecule has 0 spiro atoms.